The lowest BCUT2D eigenvalue weighted by Gasteiger charge is -2.11. The minimum Gasteiger partial charge on any atom is -0.457 e. The number of halogens is 1. The van der Waals surface area contributed by atoms with Crippen LogP contribution in [0.15, 0.2) is 84.9 Å². The van der Waals surface area contributed by atoms with Gasteiger partial charge in [0.05, 0.1) is 5.69 Å². The number of benzene rings is 3. The van der Waals surface area contributed by atoms with Crippen molar-refractivity contribution in [3.05, 3.63) is 95.5 Å². The average Bonchev–Trinajstić information content (AvgIpc) is 2.75. The Morgan fingerprint density at radius 1 is 0.828 bits per heavy atom. The fraction of sp³-hybridized carbons (Fsp3) is 0. The summed E-state index contributed by atoms with van der Waals surface area (Å²) in [6.07, 6.45) is 0. The van der Waals surface area contributed by atoms with Crippen molar-refractivity contribution in [3.8, 4) is 40.0 Å². The summed E-state index contributed by atoms with van der Waals surface area (Å²) in [7, 11) is 0. The van der Waals surface area contributed by atoms with Gasteiger partial charge in [-0.2, -0.15) is 5.26 Å². The van der Waals surface area contributed by atoms with Crippen LogP contribution in [0.5, 0.6) is 11.5 Å². The molecule has 0 aliphatic carbocycles. The summed E-state index contributed by atoms with van der Waals surface area (Å²) in [4.78, 5) is 4.42. The Kier molecular flexibility index (Phi) is 5.15. The minimum absolute atomic E-state index is 0.194. The number of nitrogen functional groups attached to an aromatic ring is 1. The van der Waals surface area contributed by atoms with Gasteiger partial charge in [0, 0.05) is 16.1 Å². The fourth-order valence-corrected chi connectivity index (χ4v) is 3.13. The highest BCUT2D eigenvalue weighted by molar-refractivity contribution is 6.30. The van der Waals surface area contributed by atoms with E-state index in [2.05, 4.69) is 11.1 Å². The summed E-state index contributed by atoms with van der Waals surface area (Å²) >= 11 is 5.99. The highest BCUT2D eigenvalue weighted by atomic mass is 35.5. The number of para-hydroxylation sites is 1. The third-order valence-corrected chi connectivity index (χ3v) is 4.70. The molecule has 1 aromatic heterocycles. The van der Waals surface area contributed by atoms with Crippen molar-refractivity contribution < 1.29 is 4.74 Å². The minimum atomic E-state index is 0.194. The molecule has 5 heteroatoms. The second-order valence-corrected chi connectivity index (χ2v) is 6.81. The molecule has 0 unspecified atom stereocenters. The van der Waals surface area contributed by atoms with Crippen LogP contribution in [-0.4, -0.2) is 4.98 Å². The number of rotatable bonds is 4. The summed E-state index contributed by atoms with van der Waals surface area (Å²) in [5.74, 6) is 1.69. The highest BCUT2D eigenvalue weighted by Crippen LogP contribution is 2.32. The lowest BCUT2D eigenvalue weighted by molar-refractivity contribution is 0.483. The molecule has 1 heterocycles. The number of aromatic nitrogens is 1. The number of nitrogens with zero attached hydrogens (tertiary/aromatic N) is 2. The standard InChI is InChI=1S/C24H16ClN3O/c25-18-10-6-16(7-11-18)21-14-23(28-24(27)22(21)15-26)17-8-12-20(13-9-17)29-19-4-2-1-3-5-19/h1-14H,(H2,27,28). The highest BCUT2D eigenvalue weighted by Gasteiger charge is 2.13. The Labute approximate surface area is 173 Å². The molecule has 4 nitrogen and oxygen atoms in total. The fourth-order valence-electron chi connectivity index (χ4n) is 3.01. The summed E-state index contributed by atoms with van der Waals surface area (Å²) in [6, 6.07) is 28.5. The lowest BCUT2D eigenvalue weighted by Crippen LogP contribution is -1.99. The van der Waals surface area contributed by atoms with Gasteiger partial charge in [0.15, 0.2) is 0 Å². The van der Waals surface area contributed by atoms with E-state index in [1.807, 2.05) is 72.8 Å². The van der Waals surface area contributed by atoms with Gasteiger partial charge in [-0.3, -0.25) is 0 Å². The van der Waals surface area contributed by atoms with Gasteiger partial charge in [-0.05, 0) is 60.2 Å². The van der Waals surface area contributed by atoms with Crippen molar-refractivity contribution in [3.63, 3.8) is 0 Å². The van der Waals surface area contributed by atoms with Gasteiger partial charge in [0.25, 0.3) is 0 Å². The second kappa shape index (κ2) is 8.05. The number of nitrogens with two attached hydrogens (primary N) is 1. The first-order valence-corrected chi connectivity index (χ1v) is 9.32. The van der Waals surface area contributed by atoms with E-state index >= 15 is 0 Å². The topological polar surface area (TPSA) is 71.9 Å². The maximum absolute atomic E-state index is 9.54. The molecule has 0 radical (unpaired) electrons. The van der Waals surface area contributed by atoms with Crippen LogP contribution in [0.3, 0.4) is 0 Å². The van der Waals surface area contributed by atoms with Gasteiger partial charge in [-0.25, -0.2) is 4.98 Å². The van der Waals surface area contributed by atoms with E-state index in [-0.39, 0.29) is 5.82 Å². The van der Waals surface area contributed by atoms with Gasteiger partial charge in [0.2, 0.25) is 0 Å². The number of ether oxygens (including phenoxy) is 1. The molecular formula is C24H16ClN3O. The lowest BCUT2D eigenvalue weighted by atomic mass is 9.98. The molecule has 4 rings (SSSR count). The zero-order valence-electron chi connectivity index (χ0n) is 15.3. The van der Waals surface area contributed by atoms with Crippen molar-refractivity contribution in [2.75, 3.05) is 5.73 Å². The molecular weight excluding hydrogens is 382 g/mol. The van der Waals surface area contributed by atoms with Crippen LogP contribution in [0, 0.1) is 11.3 Å². The Hall–Kier alpha value is -3.81. The third-order valence-electron chi connectivity index (χ3n) is 4.44. The molecule has 0 amide bonds. The largest absolute Gasteiger partial charge is 0.457 e. The molecule has 0 aliphatic heterocycles. The summed E-state index contributed by atoms with van der Waals surface area (Å²) in [6.45, 7) is 0. The van der Waals surface area contributed by atoms with Gasteiger partial charge in [-0.15, -0.1) is 0 Å². The van der Waals surface area contributed by atoms with Gasteiger partial charge in [-0.1, -0.05) is 41.9 Å². The first-order chi connectivity index (χ1) is 14.1. The van der Waals surface area contributed by atoms with Crippen LogP contribution >= 0.6 is 11.6 Å². The number of hydrogen-bond donors (Lipinski definition) is 1. The smallest absolute Gasteiger partial charge is 0.142 e. The second-order valence-electron chi connectivity index (χ2n) is 6.37. The summed E-state index contributed by atoms with van der Waals surface area (Å²) in [5, 5.41) is 10.2. The van der Waals surface area contributed by atoms with Crippen LogP contribution in [0.1, 0.15) is 5.56 Å². The van der Waals surface area contributed by atoms with E-state index in [4.69, 9.17) is 22.1 Å². The van der Waals surface area contributed by atoms with E-state index < -0.39 is 0 Å². The molecule has 140 valence electrons. The molecule has 0 saturated heterocycles. The van der Waals surface area contributed by atoms with E-state index in [1.165, 1.54) is 0 Å². The zero-order chi connectivity index (χ0) is 20.2. The Morgan fingerprint density at radius 2 is 1.45 bits per heavy atom. The SMILES string of the molecule is N#Cc1c(-c2ccc(Cl)cc2)cc(-c2ccc(Oc3ccccc3)cc2)nc1N. The number of hydrogen-bond acceptors (Lipinski definition) is 4. The first-order valence-electron chi connectivity index (χ1n) is 8.94. The summed E-state index contributed by atoms with van der Waals surface area (Å²) in [5.41, 5.74) is 9.55. The van der Waals surface area contributed by atoms with Crippen molar-refractivity contribution >= 4 is 17.4 Å². The van der Waals surface area contributed by atoms with E-state index in [0.29, 0.717) is 16.3 Å². The molecule has 29 heavy (non-hydrogen) atoms. The molecule has 0 aliphatic rings. The van der Waals surface area contributed by atoms with Crippen molar-refractivity contribution in [2.24, 2.45) is 0 Å². The molecule has 0 spiro atoms. The van der Waals surface area contributed by atoms with Gasteiger partial charge >= 0.3 is 0 Å². The first kappa shape index (κ1) is 18.5. The van der Waals surface area contributed by atoms with Crippen molar-refractivity contribution in [1.82, 2.24) is 4.98 Å². The van der Waals surface area contributed by atoms with Crippen LogP contribution in [0.4, 0.5) is 5.82 Å². The maximum atomic E-state index is 9.54. The number of nitriles is 1. The van der Waals surface area contributed by atoms with Gasteiger partial charge < -0.3 is 10.5 Å². The van der Waals surface area contributed by atoms with E-state index in [9.17, 15) is 5.26 Å². The number of pyridine rings is 1. The van der Waals surface area contributed by atoms with Crippen molar-refractivity contribution in [2.45, 2.75) is 0 Å². The quantitative estimate of drug-likeness (QED) is 0.437. The molecule has 0 fully saturated rings. The predicted octanol–water partition coefficient (Wildman–Crippen LogP) is 6.32. The van der Waals surface area contributed by atoms with Gasteiger partial charge in [0.1, 0.15) is 28.9 Å². The molecule has 4 aromatic rings. The van der Waals surface area contributed by atoms with Crippen LogP contribution in [0.2, 0.25) is 5.02 Å². The third kappa shape index (κ3) is 4.06. The number of anilines is 1. The van der Waals surface area contributed by atoms with Crippen molar-refractivity contribution in [1.29, 1.82) is 5.26 Å². The Bertz CT molecular complexity index is 1180. The van der Waals surface area contributed by atoms with Crippen LogP contribution in [0.25, 0.3) is 22.4 Å². The summed E-state index contributed by atoms with van der Waals surface area (Å²) < 4.78 is 5.83. The molecule has 0 bridgehead atoms. The molecule has 0 saturated carbocycles. The van der Waals surface area contributed by atoms with E-state index in [1.54, 1.807) is 12.1 Å². The predicted molar refractivity (Wildman–Crippen MR) is 116 cm³/mol. The maximum Gasteiger partial charge on any atom is 0.142 e. The monoisotopic (exact) mass is 397 g/mol. The molecule has 3 aromatic carbocycles. The Morgan fingerprint density at radius 3 is 2.10 bits per heavy atom. The Balaban J connectivity index is 1.70. The molecule has 2 N–H and O–H groups in total. The zero-order valence-corrected chi connectivity index (χ0v) is 16.1. The normalized spacial score (nSPS) is 10.3. The molecule has 0 atom stereocenters. The van der Waals surface area contributed by atoms with Crippen LogP contribution < -0.4 is 10.5 Å². The van der Waals surface area contributed by atoms with Crippen LogP contribution in [-0.2, 0) is 0 Å². The van der Waals surface area contributed by atoms with E-state index in [0.717, 1.165) is 28.2 Å². The average molecular weight is 398 g/mol.